The molecule has 0 saturated carbocycles. The Kier molecular flexibility index (Phi) is 12.6. The van der Waals surface area contributed by atoms with Crippen molar-refractivity contribution in [3.8, 4) is 0 Å². The van der Waals surface area contributed by atoms with Gasteiger partial charge in [0, 0.05) is 29.9 Å². The van der Waals surface area contributed by atoms with E-state index in [1.54, 1.807) is 0 Å². The fraction of sp³-hybridized carbons (Fsp3) is 0.630. The van der Waals surface area contributed by atoms with Crippen molar-refractivity contribution in [3.05, 3.63) is 36.0 Å². The number of aromatic nitrogens is 1. The Labute approximate surface area is 193 Å². The molecule has 0 spiro atoms. The predicted molar refractivity (Wildman–Crippen MR) is 133 cm³/mol. The summed E-state index contributed by atoms with van der Waals surface area (Å²) in [4.78, 5) is 27.4. The molecular formula is C27H43N3O2. The van der Waals surface area contributed by atoms with Crippen LogP contribution in [0.15, 0.2) is 30.5 Å². The summed E-state index contributed by atoms with van der Waals surface area (Å²) >= 11 is 0. The fourth-order valence-corrected chi connectivity index (χ4v) is 4.31. The SMILES string of the molecule is CCCCCCCCCCCCCCCC(=O)N[C@@H](Cc1c[nH]c2ccccc12)C(N)=O. The summed E-state index contributed by atoms with van der Waals surface area (Å²) in [6.07, 6.45) is 19.4. The molecule has 2 rings (SSSR count). The molecule has 1 heterocycles. The van der Waals surface area contributed by atoms with Gasteiger partial charge in [0.15, 0.2) is 0 Å². The van der Waals surface area contributed by atoms with Crippen LogP contribution < -0.4 is 11.1 Å². The van der Waals surface area contributed by atoms with Crippen molar-refractivity contribution in [2.45, 2.75) is 109 Å². The van der Waals surface area contributed by atoms with Gasteiger partial charge in [-0.25, -0.2) is 0 Å². The van der Waals surface area contributed by atoms with E-state index in [0.717, 1.165) is 29.3 Å². The second kappa shape index (κ2) is 15.5. The molecule has 5 nitrogen and oxygen atoms in total. The second-order valence-corrected chi connectivity index (χ2v) is 9.08. The van der Waals surface area contributed by atoms with Crippen molar-refractivity contribution in [1.29, 1.82) is 0 Å². The largest absolute Gasteiger partial charge is 0.368 e. The third-order valence-electron chi connectivity index (χ3n) is 6.29. The number of fused-ring (bicyclic) bond motifs is 1. The minimum absolute atomic E-state index is 0.0864. The minimum Gasteiger partial charge on any atom is -0.368 e. The van der Waals surface area contributed by atoms with Crippen LogP contribution >= 0.6 is 0 Å². The molecule has 2 aromatic rings. The first-order valence-electron chi connectivity index (χ1n) is 12.8. The number of rotatable bonds is 18. The molecule has 32 heavy (non-hydrogen) atoms. The molecular weight excluding hydrogens is 398 g/mol. The molecule has 1 aromatic heterocycles. The topological polar surface area (TPSA) is 88.0 Å². The summed E-state index contributed by atoms with van der Waals surface area (Å²) in [5.74, 6) is -0.578. The molecule has 4 N–H and O–H groups in total. The number of nitrogens with one attached hydrogen (secondary N) is 2. The summed E-state index contributed by atoms with van der Waals surface area (Å²) in [6, 6.07) is 7.25. The molecule has 0 unspecified atom stereocenters. The zero-order valence-electron chi connectivity index (χ0n) is 20.0. The quantitative estimate of drug-likeness (QED) is 0.242. The van der Waals surface area contributed by atoms with Gasteiger partial charge in [-0.05, 0) is 18.1 Å². The monoisotopic (exact) mass is 441 g/mol. The first kappa shape index (κ1) is 26.0. The first-order valence-corrected chi connectivity index (χ1v) is 12.8. The summed E-state index contributed by atoms with van der Waals surface area (Å²) in [6.45, 7) is 2.26. The Morgan fingerprint density at radius 2 is 1.44 bits per heavy atom. The number of benzene rings is 1. The molecule has 0 radical (unpaired) electrons. The van der Waals surface area contributed by atoms with Crippen LogP contribution in [0.5, 0.6) is 0 Å². The molecule has 0 saturated heterocycles. The Morgan fingerprint density at radius 3 is 2.03 bits per heavy atom. The minimum atomic E-state index is -0.677. The van der Waals surface area contributed by atoms with Gasteiger partial charge < -0.3 is 16.0 Å². The molecule has 5 heteroatoms. The third-order valence-corrected chi connectivity index (χ3v) is 6.29. The van der Waals surface area contributed by atoms with Crippen LogP contribution in [0.25, 0.3) is 10.9 Å². The van der Waals surface area contributed by atoms with E-state index < -0.39 is 11.9 Å². The Balaban J connectivity index is 1.54. The summed E-state index contributed by atoms with van der Waals surface area (Å²) < 4.78 is 0. The number of nitrogens with two attached hydrogens (primary N) is 1. The smallest absolute Gasteiger partial charge is 0.240 e. The van der Waals surface area contributed by atoms with Crippen molar-refractivity contribution in [1.82, 2.24) is 10.3 Å². The Morgan fingerprint density at radius 1 is 0.875 bits per heavy atom. The van der Waals surface area contributed by atoms with Crippen LogP contribution in [0.2, 0.25) is 0 Å². The number of H-pyrrole nitrogens is 1. The van der Waals surface area contributed by atoms with E-state index in [1.807, 2.05) is 30.5 Å². The van der Waals surface area contributed by atoms with Crippen molar-refractivity contribution in [2.75, 3.05) is 0 Å². The van der Waals surface area contributed by atoms with E-state index in [9.17, 15) is 9.59 Å². The van der Waals surface area contributed by atoms with Gasteiger partial charge in [0.1, 0.15) is 6.04 Å². The lowest BCUT2D eigenvalue weighted by molar-refractivity contribution is -0.127. The maximum atomic E-state index is 12.3. The number of amides is 2. The molecule has 0 bridgehead atoms. The molecule has 178 valence electrons. The van der Waals surface area contributed by atoms with Crippen LogP contribution in [0.3, 0.4) is 0 Å². The fourth-order valence-electron chi connectivity index (χ4n) is 4.31. The number of carbonyl (C=O) groups is 2. The third kappa shape index (κ3) is 9.88. The maximum Gasteiger partial charge on any atom is 0.240 e. The number of hydrogen-bond donors (Lipinski definition) is 3. The Bertz CT molecular complexity index is 799. The van der Waals surface area contributed by atoms with E-state index in [2.05, 4.69) is 17.2 Å². The van der Waals surface area contributed by atoms with Crippen molar-refractivity contribution < 1.29 is 9.59 Å². The lowest BCUT2D eigenvalue weighted by atomic mass is 10.0. The summed E-state index contributed by atoms with van der Waals surface area (Å²) in [5.41, 5.74) is 7.57. The molecule has 0 fully saturated rings. The highest BCUT2D eigenvalue weighted by molar-refractivity contribution is 5.88. The van der Waals surface area contributed by atoms with Crippen LogP contribution in [0, 0.1) is 0 Å². The highest BCUT2D eigenvalue weighted by atomic mass is 16.2. The molecule has 0 aliphatic carbocycles. The van der Waals surface area contributed by atoms with Crippen molar-refractivity contribution in [2.24, 2.45) is 5.73 Å². The van der Waals surface area contributed by atoms with Crippen LogP contribution in [0.4, 0.5) is 0 Å². The lowest BCUT2D eigenvalue weighted by Crippen LogP contribution is -2.45. The number of hydrogen-bond acceptors (Lipinski definition) is 2. The van der Waals surface area contributed by atoms with Crippen molar-refractivity contribution in [3.63, 3.8) is 0 Å². The highest BCUT2D eigenvalue weighted by Gasteiger charge is 2.20. The summed E-state index contributed by atoms with van der Waals surface area (Å²) in [7, 11) is 0. The molecule has 2 amide bonds. The second-order valence-electron chi connectivity index (χ2n) is 9.08. The highest BCUT2D eigenvalue weighted by Crippen LogP contribution is 2.19. The van der Waals surface area contributed by atoms with Crippen molar-refractivity contribution >= 4 is 22.7 Å². The molecule has 0 aliphatic heterocycles. The van der Waals surface area contributed by atoms with Gasteiger partial charge in [0.05, 0.1) is 0 Å². The Hall–Kier alpha value is -2.30. The summed E-state index contributed by atoms with van der Waals surface area (Å²) in [5, 5.41) is 3.90. The van der Waals surface area contributed by atoms with Gasteiger partial charge >= 0.3 is 0 Å². The number of para-hydroxylation sites is 1. The molecule has 1 aromatic carbocycles. The van der Waals surface area contributed by atoms with E-state index in [4.69, 9.17) is 5.73 Å². The van der Waals surface area contributed by atoms with Gasteiger partial charge in [0.25, 0.3) is 0 Å². The van der Waals surface area contributed by atoms with Crippen LogP contribution in [-0.4, -0.2) is 22.8 Å². The predicted octanol–water partition coefficient (Wildman–Crippen LogP) is 6.16. The zero-order valence-corrected chi connectivity index (χ0v) is 20.0. The van der Waals surface area contributed by atoms with Crippen LogP contribution in [-0.2, 0) is 16.0 Å². The van der Waals surface area contributed by atoms with E-state index >= 15 is 0 Å². The van der Waals surface area contributed by atoms with E-state index in [0.29, 0.717) is 12.8 Å². The van der Waals surface area contributed by atoms with Gasteiger partial charge in [-0.1, -0.05) is 102 Å². The van der Waals surface area contributed by atoms with Crippen LogP contribution in [0.1, 0.15) is 102 Å². The van der Waals surface area contributed by atoms with E-state index in [-0.39, 0.29) is 5.91 Å². The maximum absolute atomic E-state index is 12.3. The van der Waals surface area contributed by atoms with Gasteiger partial charge in [-0.15, -0.1) is 0 Å². The normalized spacial score (nSPS) is 12.2. The lowest BCUT2D eigenvalue weighted by Gasteiger charge is -2.15. The first-order chi connectivity index (χ1) is 15.6. The number of carbonyl (C=O) groups excluding carboxylic acids is 2. The van der Waals surface area contributed by atoms with Gasteiger partial charge in [0.2, 0.25) is 11.8 Å². The van der Waals surface area contributed by atoms with Gasteiger partial charge in [-0.2, -0.15) is 0 Å². The number of aromatic amines is 1. The number of unbranched alkanes of at least 4 members (excludes halogenated alkanes) is 12. The van der Waals surface area contributed by atoms with Gasteiger partial charge in [-0.3, -0.25) is 9.59 Å². The average Bonchev–Trinajstić information content (AvgIpc) is 3.19. The molecule has 1 atom stereocenters. The van der Waals surface area contributed by atoms with E-state index in [1.165, 1.54) is 70.6 Å². The zero-order chi connectivity index (χ0) is 23.0. The molecule has 0 aliphatic rings. The average molecular weight is 442 g/mol. The number of primary amides is 1. The standard InChI is InChI=1S/C27H43N3O2/c1-2-3-4-5-6-7-8-9-10-11-12-13-14-19-26(31)30-25(27(28)32)20-22-21-29-24-18-16-15-17-23(22)24/h15-18,21,25,29H,2-14,19-20H2,1H3,(H2,28,32)(H,30,31)/t25-/m0/s1.